The van der Waals surface area contributed by atoms with E-state index >= 15 is 0 Å². The molecule has 3 heteroatoms. The molecule has 0 unspecified atom stereocenters. The summed E-state index contributed by atoms with van der Waals surface area (Å²) >= 11 is 0. The maximum absolute atomic E-state index is 11.9. The lowest BCUT2D eigenvalue weighted by Crippen LogP contribution is -2.25. The molecule has 0 N–H and O–H groups in total. The first-order chi connectivity index (χ1) is 8.06. The van der Waals surface area contributed by atoms with Crippen LogP contribution in [-0.4, -0.2) is 18.2 Å². The molecular weight excluding hydrogens is 216 g/mol. The van der Waals surface area contributed by atoms with Crippen LogP contribution in [0.2, 0.25) is 0 Å². The Balaban J connectivity index is 2.34. The molecule has 0 amide bonds. The van der Waals surface area contributed by atoms with Gasteiger partial charge < -0.3 is 9.47 Å². The van der Waals surface area contributed by atoms with Gasteiger partial charge in [-0.15, -0.1) is 0 Å². The molecule has 1 aliphatic carbocycles. The van der Waals surface area contributed by atoms with Crippen molar-refractivity contribution < 1.29 is 14.3 Å². The van der Waals surface area contributed by atoms with E-state index in [2.05, 4.69) is 0 Å². The molecule has 3 atom stereocenters. The highest BCUT2D eigenvalue weighted by Gasteiger charge is 2.23. The van der Waals surface area contributed by atoms with E-state index < -0.39 is 0 Å². The maximum atomic E-state index is 11.9. The summed E-state index contributed by atoms with van der Waals surface area (Å²) in [6, 6.07) is 0. The van der Waals surface area contributed by atoms with Crippen molar-refractivity contribution in [2.45, 2.75) is 39.4 Å². The van der Waals surface area contributed by atoms with Gasteiger partial charge in [-0.3, -0.25) is 4.79 Å². The third-order valence-corrected chi connectivity index (χ3v) is 2.98. The first kappa shape index (κ1) is 12.0. The quantitative estimate of drug-likeness (QED) is 0.604. The SMILES string of the molecule is CC1=C2C=C[C@H](C=C1)C(=O)O[C@H](C)C[C@H](C)O2. The van der Waals surface area contributed by atoms with Gasteiger partial charge >= 0.3 is 5.97 Å². The first-order valence-corrected chi connectivity index (χ1v) is 6.00. The smallest absolute Gasteiger partial charge is 0.316 e. The molecule has 17 heavy (non-hydrogen) atoms. The van der Waals surface area contributed by atoms with E-state index in [1.54, 1.807) is 0 Å². The summed E-state index contributed by atoms with van der Waals surface area (Å²) in [5.41, 5.74) is 1.04. The van der Waals surface area contributed by atoms with E-state index in [0.29, 0.717) is 6.42 Å². The Kier molecular flexibility index (Phi) is 3.36. The molecule has 0 fully saturated rings. The normalized spacial score (nSPS) is 33.1. The molecule has 0 saturated heterocycles. The third-order valence-electron chi connectivity index (χ3n) is 2.98. The number of fused-ring (bicyclic) bond motifs is 2. The summed E-state index contributed by atoms with van der Waals surface area (Å²) in [7, 11) is 0. The van der Waals surface area contributed by atoms with Crippen LogP contribution in [0.25, 0.3) is 0 Å². The van der Waals surface area contributed by atoms with E-state index in [0.717, 1.165) is 11.3 Å². The van der Waals surface area contributed by atoms with E-state index in [1.807, 2.05) is 45.1 Å². The molecule has 0 aromatic carbocycles. The van der Waals surface area contributed by atoms with E-state index in [9.17, 15) is 4.79 Å². The van der Waals surface area contributed by atoms with Crippen LogP contribution in [0, 0.1) is 5.92 Å². The molecule has 1 heterocycles. The van der Waals surface area contributed by atoms with Gasteiger partial charge in [-0.25, -0.2) is 0 Å². The molecule has 2 aliphatic rings. The van der Waals surface area contributed by atoms with Crippen LogP contribution in [0.3, 0.4) is 0 Å². The predicted molar refractivity (Wildman–Crippen MR) is 65.2 cm³/mol. The van der Waals surface area contributed by atoms with Crippen LogP contribution in [0.4, 0.5) is 0 Å². The summed E-state index contributed by atoms with van der Waals surface area (Å²) in [4.78, 5) is 11.9. The molecule has 2 rings (SSSR count). The molecule has 0 saturated carbocycles. The van der Waals surface area contributed by atoms with Crippen molar-refractivity contribution in [3.63, 3.8) is 0 Å². The standard InChI is InChI=1S/C14H18O3/c1-9-4-5-12-6-7-13(9)16-10(2)8-11(3)17-14(12)15/h4-7,10-12H,8H2,1-3H3/t10-,11+,12-/m0/s1. The number of ether oxygens (including phenoxy) is 2. The Morgan fingerprint density at radius 3 is 2.53 bits per heavy atom. The Bertz CT molecular complexity index is 404. The second kappa shape index (κ2) is 4.78. The molecule has 0 aromatic heterocycles. The molecule has 0 radical (unpaired) electrons. The number of carbonyl (C=O) groups excluding carboxylic acids is 1. The van der Waals surface area contributed by atoms with Gasteiger partial charge in [0.25, 0.3) is 0 Å². The van der Waals surface area contributed by atoms with Gasteiger partial charge in [0.15, 0.2) is 0 Å². The lowest BCUT2D eigenvalue weighted by molar-refractivity contribution is -0.151. The van der Waals surface area contributed by atoms with Gasteiger partial charge in [0.2, 0.25) is 0 Å². The first-order valence-electron chi connectivity index (χ1n) is 6.00. The van der Waals surface area contributed by atoms with Crippen LogP contribution >= 0.6 is 0 Å². The summed E-state index contributed by atoms with van der Waals surface area (Å²) < 4.78 is 11.2. The number of carbonyl (C=O) groups is 1. The average molecular weight is 234 g/mol. The topological polar surface area (TPSA) is 35.5 Å². The Hall–Kier alpha value is -1.51. The van der Waals surface area contributed by atoms with Crippen LogP contribution in [0.1, 0.15) is 27.2 Å². The molecule has 0 aromatic rings. The van der Waals surface area contributed by atoms with Crippen LogP contribution < -0.4 is 0 Å². The van der Waals surface area contributed by atoms with Crippen molar-refractivity contribution in [1.29, 1.82) is 0 Å². The predicted octanol–water partition coefficient (Wildman–Crippen LogP) is 2.74. The summed E-state index contributed by atoms with van der Waals surface area (Å²) in [6.07, 6.45) is 8.11. The van der Waals surface area contributed by atoms with Gasteiger partial charge in [0.1, 0.15) is 11.9 Å². The Labute approximate surface area is 102 Å². The van der Waals surface area contributed by atoms with Gasteiger partial charge in [-0.05, 0) is 32.4 Å². The highest BCUT2D eigenvalue weighted by Crippen LogP contribution is 2.23. The van der Waals surface area contributed by atoms with E-state index in [4.69, 9.17) is 9.47 Å². The minimum atomic E-state index is -0.304. The number of rotatable bonds is 0. The number of hydrogen-bond donors (Lipinski definition) is 0. The molecule has 92 valence electrons. The number of cyclic esters (lactones) is 1. The van der Waals surface area contributed by atoms with Crippen LogP contribution in [0.5, 0.6) is 0 Å². The maximum Gasteiger partial charge on any atom is 0.316 e. The van der Waals surface area contributed by atoms with Crippen molar-refractivity contribution in [3.8, 4) is 0 Å². The second-order valence-corrected chi connectivity index (χ2v) is 4.70. The fraction of sp³-hybridized carbons (Fsp3) is 0.500. The Morgan fingerprint density at radius 1 is 1.12 bits per heavy atom. The zero-order chi connectivity index (χ0) is 12.4. The molecular formula is C14H18O3. The van der Waals surface area contributed by atoms with Crippen molar-refractivity contribution in [3.05, 3.63) is 35.6 Å². The monoisotopic (exact) mass is 234 g/mol. The fourth-order valence-corrected chi connectivity index (χ4v) is 2.06. The van der Waals surface area contributed by atoms with Crippen molar-refractivity contribution in [2.24, 2.45) is 5.92 Å². The largest absolute Gasteiger partial charge is 0.490 e. The number of allylic oxidation sites excluding steroid dienone is 3. The van der Waals surface area contributed by atoms with Crippen molar-refractivity contribution >= 4 is 5.97 Å². The minimum Gasteiger partial charge on any atom is -0.490 e. The number of hydrogen-bond acceptors (Lipinski definition) is 3. The fourth-order valence-electron chi connectivity index (χ4n) is 2.06. The van der Waals surface area contributed by atoms with E-state index in [-0.39, 0.29) is 24.1 Å². The lowest BCUT2D eigenvalue weighted by atomic mass is 10.1. The Morgan fingerprint density at radius 2 is 1.76 bits per heavy atom. The third kappa shape index (κ3) is 2.78. The summed E-state index contributed by atoms with van der Waals surface area (Å²) in [6.45, 7) is 5.88. The molecule has 2 bridgehead atoms. The second-order valence-electron chi connectivity index (χ2n) is 4.70. The molecule has 3 nitrogen and oxygen atoms in total. The highest BCUT2D eigenvalue weighted by atomic mass is 16.5. The minimum absolute atomic E-state index is 0.0375. The van der Waals surface area contributed by atoms with Crippen molar-refractivity contribution in [2.75, 3.05) is 0 Å². The van der Waals surface area contributed by atoms with Crippen LogP contribution in [-0.2, 0) is 14.3 Å². The van der Waals surface area contributed by atoms with Gasteiger partial charge in [-0.2, -0.15) is 0 Å². The highest BCUT2D eigenvalue weighted by molar-refractivity contribution is 5.77. The summed E-state index contributed by atoms with van der Waals surface area (Å²) in [5, 5.41) is 0. The van der Waals surface area contributed by atoms with Crippen LogP contribution in [0.15, 0.2) is 35.6 Å². The zero-order valence-corrected chi connectivity index (χ0v) is 10.5. The van der Waals surface area contributed by atoms with Gasteiger partial charge in [-0.1, -0.05) is 18.2 Å². The molecule has 0 spiro atoms. The number of esters is 1. The zero-order valence-electron chi connectivity index (χ0n) is 10.5. The summed E-state index contributed by atoms with van der Waals surface area (Å²) in [5.74, 6) is 0.355. The van der Waals surface area contributed by atoms with E-state index in [1.165, 1.54) is 0 Å². The van der Waals surface area contributed by atoms with Crippen molar-refractivity contribution in [1.82, 2.24) is 0 Å². The average Bonchev–Trinajstić information content (AvgIpc) is 2.41. The lowest BCUT2D eigenvalue weighted by Gasteiger charge is -2.22. The van der Waals surface area contributed by atoms with Gasteiger partial charge in [0.05, 0.1) is 12.0 Å². The molecule has 1 aliphatic heterocycles. The van der Waals surface area contributed by atoms with Gasteiger partial charge in [0, 0.05) is 6.42 Å².